The number of carboxylic acids is 1. The Hall–Kier alpha value is -1.93. The lowest BCUT2D eigenvalue weighted by Gasteiger charge is -2.01. The number of nitrogens with two attached hydrogens (primary N) is 1. The van der Waals surface area contributed by atoms with E-state index in [1.807, 2.05) is 6.92 Å². The van der Waals surface area contributed by atoms with Gasteiger partial charge in [0.05, 0.1) is 18.4 Å². The summed E-state index contributed by atoms with van der Waals surface area (Å²) in [6, 6.07) is -1.10. The van der Waals surface area contributed by atoms with Crippen LogP contribution >= 0.6 is 11.3 Å². The Labute approximate surface area is 107 Å². The minimum absolute atomic E-state index is 0.332. The number of hydrogen-bond donors (Lipinski definition) is 3. The Kier molecular flexibility index (Phi) is 3.58. The number of carbonyl (C=O) groups is 1. The summed E-state index contributed by atoms with van der Waals surface area (Å²) in [4.78, 5) is 18.8. The van der Waals surface area contributed by atoms with E-state index in [9.17, 15) is 4.79 Å². The van der Waals surface area contributed by atoms with Crippen LogP contribution in [0.25, 0.3) is 0 Å². The lowest BCUT2D eigenvalue weighted by molar-refractivity contribution is -0.138. The fraction of sp³-hybridized carbons (Fsp3) is 0.300. The summed E-state index contributed by atoms with van der Waals surface area (Å²) in [7, 11) is 0. The maximum atomic E-state index is 10.7. The third-order valence-corrected chi connectivity index (χ3v) is 2.98. The molecule has 0 amide bonds. The Bertz CT molecular complexity index is 551. The number of aliphatic carboxylic acids is 1. The van der Waals surface area contributed by atoms with E-state index in [1.54, 1.807) is 11.6 Å². The zero-order valence-electron chi connectivity index (χ0n) is 9.58. The molecule has 0 spiro atoms. The van der Waals surface area contributed by atoms with Crippen molar-refractivity contribution in [3.05, 3.63) is 28.9 Å². The summed E-state index contributed by atoms with van der Waals surface area (Å²) in [6.45, 7) is 2.20. The van der Waals surface area contributed by atoms with Crippen molar-refractivity contribution >= 4 is 22.4 Å². The molecule has 2 rings (SSSR count). The highest BCUT2D eigenvalue weighted by molar-refractivity contribution is 7.13. The van der Waals surface area contributed by atoms with Gasteiger partial charge in [0.25, 0.3) is 0 Å². The lowest BCUT2D eigenvalue weighted by Crippen LogP contribution is -2.20. The van der Waals surface area contributed by atoms with Gasteiger partial charge in [-0.25, -0.2) is 9.97 Å². The van der Waals surface area contributed by atoms with Gasteiger partial charge >= 0.3 is 5.97 Å². The van der Waals surface area contributed by atoms with E-state index in [0.29, 0.717) is 23.3 Å². The molecule has 0 saturated carbocycles. The molecule has 0 aliphatic carbocycles. The van der Waals surface area contributed by atoms with Crippen LogP contribution in [-0.2, 0) is 11.3 Å². The molecule has 1 atom stereocenters. The molecule has 0 aromatic carbocycles. The summed E-state index contributed by atoms with van der Waals surface area (Å²) in [5.74, 6) is 0.182. The van der Waals surface area contributed by atoms with E-state index in [4.69, 9.17) is 15.3 Å². The van der Waals surface area contributed by atoms with Crippen molar-refractivity contribution in [2.45, 2.75) is 19.5 Å². The average molecular weight is 268 g/mol. The molecule has 2 heterocycles. The van der Waals surface area contributed by atoms with Crippen LogP contribution in [0.2, 0.25) is 0 Å². The van der Waals surface area contributed by atoms with Crippen LogP contribution in [0.1, 0.15) is 23.4 Å². The van der Waals surface area contributed by atoms with Crippen LogP contribution in [0.4, 0.5) is 5.13 Å². The smallest absolute Gasteiger partial charge is 0.326 e. The number of aryl methyl sites for hydroxylation is 1. The quantitative estimate of drug-likeness (QED) is 0.744. The fourth-order valence-corrected chi connectivity index (χ4v) is 2.02. The SMILES string of the molecule is Cc1cnc(CNc2nc(C(N)C(=O)O)cs2)o1. The Morgan fingerprint density at radius 3 is 3.11 bits per heavy atom. The topological polar surface area (TPSA) is 114 Å². The summed E-state index contributed by atoms with van der Waals surface area (Å²) in [6.07, 6.45) is 1.63. The second-order valence-electron chi connectivity index (χ2n) is 3.61. The third-order valence-electron chi connectivity index (χ3n) is 2.17. The number of oxazole rings is 1. The van der Waals surface area contributed by atoms with E-state index in [0.717, 1.165) is 5.76 Å². The molecule has 2 aromatic rings. The van der Waals surface area contributed by atoms with Crippen molar-refractivity contribution in [3.8, 4) is 0 Å². The summed E-state index contributed by atoms with van der Waals surface area (Å²) in [5, 5.41) is 13.9. The van der Waals surface area contributed by atoms with Gasteiger partial charge in [0.2, 0.25) is 5.89 Å². The van der Waals surface area contributed by atoms with Crippen molar-refractivity contribution in [1.82, 2.24) is 9.97 Å². The second kappa shape index (κ2) is 5.15. The molecule has 0 bridgehead atoms. The van der Waals surface area contributed by atoms with Gasteiger partial charge in [-0.15, -0.1) is 11.3 Å². The Morgan fingerprint density at radius 1 is 1.72 bits per heavy atom. The van der Waals surface area contributed by atoms with Gasteiger partial charge in [0.15, 0.2) is 5.13 Å². The molecule has 0 aliphatic rings. The molecule has 7 nitrogen and oxygen atoms in total. The molecule has 18 heavy (non-hydrogen) atoms. The van der Waals surface area contributed by atoms with E-state index >= 15 is 0 Å². The van der Waals surface area contributed by atoms with Crippen molar-refractivity contribution in [2.75, 3.05) is 5.32 Å². The molecule has 0 fully saturated rings. The van der Waals surface area contributed by atoms with Crippen LogP contribution in [0.3, 0.4) is 0 Å². The summed E-state index contributed by atoms with van der Waals surface area (Å²) >= 11 is 1.29. The maximum absolute atomic E-state index is 10.7. The van der Waals surface area contributed by atoms with Crippen molar-refractivity contribution in [2.24, 2.45) is 5.73 Å². The third kappa shape index (κ3) is 2.84. The van der Waals surface area contributed by atoms with Gasteiger partial charge in [-0.2, -0.15) is 0 Å². The van der Waals surface area contributed by atoms with Gasteiger partial charge in [-0.3, -0.25) is 4.79 Å². The molecule has 0 radical (unpaired) electrons. The molecule has 0 aliphatic heterocycles. The van der Waals surface area contributed by atoms with Gasteiger partial charge < -0.3 is 20.6 Å². The zero-order chi connectivity index (χ0) is 13.1. The number of nitrogens with zero attached hydrogens (tertiary/aromatic N) is 2. The number of nitrogens with one attached hydrogen (secondary N) is 1. The molecule has 1 unspecified atom stereocenters. The first-order valence-electron chi connectivity index (χ1n) is 5.15. The summed E-state index contributed by atoms with van der Waals surface area (Å²) < 4.78 is 5.28. The minimum Gasteiger partial charge on any atom is -0.480 e. The Balaban J connectivity index is 1.96. The van der Waals surface area contributed by atoms with Crippen molar-refractivity contribution in [3.63, 3.8) is 0 Å². The first-order valence-corrected chi connectivity index (χ1v) is 6.03. The predicted octanol–water partition coefficient (Wildman–Crippen LogP) is 1.14. The van der Waals surface area contributed by atoms with Gasteiger partial charge in [0.1, 0.15) is 11.8 Å². The van der Waals surface area contributed by atoms with Crippen LogP contribution in [0.5, 0.6) is 0 Å². The van der Waals surface area contributed by atoms with Crippen molar-refractivity contribution in [1.29, 1.82) is 0 Å². The molecular formula is C10H12N4O3S. The average Bonchev–Trinajstić information content (AvgIpc) is 2.94. The van der Waals surface area contributed by atoms with Crippen LogP contribution in [0, 0.1) is 6.92 Å². The van der Waals surface area contributed by atoms with E-state index in [2.05, 4.69) is 15.3 Å². The van der Waals surface area contributed by atoms with Gasteiger partial charge in [-0.1, -0.05) is 0 Å². The maximum Gasteiger partial charge on any atom is 0.326 e. The summed E-state index contributed by atoms with van der Waals surface area (Å²) in [5.41, 5.74) is 5.78. The van der Waals surface area contributed by atoms with Crippen LogP contribution < -0.4 is 11.1 Å². The minimum atomic E-state index is -1.10. The normalized spacial score (nSPS) is 12.3. The monoisotopic (exact) mass is 268 g/mol. The number of hydrogen-bond acceptors (Lipinski definition) is 7. The molecule has 8 heteroatoms. The fourth-order valence-electron chi connectivity index (χ4n) is 1.27. The largest absolute Gasteiger partial charge is 0.480 e. The molecule has 4 N–H and O–H groups in total. The van der Waals surface area contributed by atoms with E-state index in [-0.39, 0.29) is 0 Å². The highest BCUT2D eigenvalue weighted by Crippen LogP contribution is 2.20. The molecular weight excluding hydrogens is 256 g/mol. The number of aromatic nitrogens is 2. The zero-order valence-corrected chi connectivity index (χ0v) is 10.4. The van der Waals surface area contributed by atoms with Gasteiger partial charge in [0, 0.05) is 5.38 Å². The predicted molar refractivity (Wildman–Crippen MR) is 65.2 cm³/mol. The second-order valence-corrected chi connectivity index (χ2v) is 4.47. The standard InChI is InChI=1S/C10H12N4O3S/c1-5-2-12-7(17-5)3-13-10-14-6(4-18-10)8(11)9(15)16/h2,4,8H,3,11H2,1H3,(H,13,14)(H,15,16). The van der Waals surface area contributed by atoms with Crippen LogP contribution in [0.15, 0.2) is 16.0 Å². The highest BCUT2D eigenvalue weighted by Gasteiger charge is 2.17. The van der Waals surface area contributed by atoms with E-state index < -0.39 is 12.0 Å². The lowest BCUT2D eigenvalue weighted by atomic mass is 10.2. The molecule has 2 aromatic heterocycles. The first kappa shape index (κ1) is 12.5. The van der Waals surface area contributed by atoms with Gasteiger partial charge in [-0.05, 0) is 6.92 Å². The van der Waals surface area contributed by atoms with E-state index in [1.165, 1.54) is 11.3 Å². The number of thiazole rings is 1. The molecule has 0 saturated heterocycles. The van der Waals surface area contributed by atoms with Crippen LogP contribution in [-0.4, -0.2) is 21.0 Å². The number of anilines is 1. The Morgan fingerprint density at radius 2 is 2.50 bits per heavy atom. The number of rotatable bonds is 5. The molecule has 96 valence electrons. The number of carboxylic acid groups (broad SMARTS) is 1. The van der Waals surface area contributed by atoms with Crippen molar-refractivity contribution < 1.29 is 14.3 Å². The highest BCUT2D eigenvalue weighted by atomic mass is 32.1. The first-order chi connectivity index (χ1) is 8.56.